The lowest BCUT2D eigenvalue weighted by Gasteiger charge is -2.11. The Morgan fingerprint density at radius 2 is 0.672 bits per heavy atom. The molecule has 1 N–H and O–H groups in total. The zero-order valence-electron chi connectivity index (χ0n) is 38.7. The van der Waals surface area contributed by atoms with E-state index in [0.29, 0.717) is 16.9 Å². The van der Waals surface area contributed by atoms with Crippen molar-refractivity contribution < 1.29 is 19.4 Å². The van der Waals surface area contributed by atoms with Gasteiger partial charge in [0.15, 0.2) is 11.6 Å². The van der Waals surface area contributed by atoms with Crippen LogP contribution in [0.4, 0.5) is 0 Å². The highest BCUT2D eigenvalue weighted by Gasteiger charge is 2.18. The van der Waals surface area contributed by atoms with Crippen molar-refractivity contribution >= 4 is 11.6 Å². The van der Waals surface area contributed by atoms with Gasteiger partial charge in [0.1, 0.15) is 11.5 Å². The van der Waals surface area contributed by atoms with Crippen molar-refractivity contribution in [1.82, 2.24) is 0 Å². The first-order valence-electron chi connectivity index (χ1n) is 24.7. The first kappa shape index (κ1) is 51.2. The van der Waals surface area contributed by atoms with Crippen molar-refractivity contribution in [1.29, 1.82) is 0 Å². The summed E-state index contributed by atoms with van der Waals surface area (Å²) in [5.41, 5.74) is 4.80. The van der Waals surface area contributed by atoms with Crippen LogP contribution < -0.4 is 4.74 Å². The predicted molar refractivity (Wildman–Crippen MR) is 260 cm³/mol. The summed E-state index contributed by atoms with van der Waals surface area (Å²) < 4.78 is 5.39. The average molecular weight is 831 g/mol. The largest absolute Gasteiger partial charge is 0.507 e. The summed E-state index contributed by atoms with van der Waals surface area (Å²) in [6.45, 7) is 4.55. The number of carbonyl (C=O) groups is 2. The molecule has 0 heterocycles. The molecule has 0 bridgehead atoms. The van der Waals surface area contributed by atoms with Gasteiger partial charge in [0, 0.05) is 11.1 Å². The molecule has 0 saturated carbocycles. The molecule has 0 spiro atoms. The van der Waals surface area contributed by atoms with Crippen LogP contribution in [0.15, 0.2) is 97.1 Å². The number of carbonyl (C=O) groups excluding carboxylic acids is 2. The van der Waals surface area contributed by atoms with E-state index in [9.17, 15) is 14.7 Å². The lowest BCUT2D eigenvalue weighted by molar-refractivity contribution is 0.102. The molecule has 0 aromatic heterocycles. The summed E-state index contributed by atoms with van der Waals surface area (Å²) >= 11 is 0. The third-order valence-electron chi connectivity index (χ3n) is 12.1. The van der Waals surface area contributed by atoms with E-state index >= 15 is 0 Å². The van der Waals surface area contributed by atoms with E-state index in [1.54, 1.807) is 31.4 Å². The number of ether oxygens (including phenoxy) is 1. The number of phenols is 1. The number of methoxy groups -OCH3 is 1. The molecule has 0 aliphatic carbocycles. The van der Waals surface area contributed by atoms with Gasteiger partial charge in [-0.25, -0.2) is 0 Å². The minimum atomic E-state index is -0.0848. The van der Waals surface area contributed by atoms with Gasteiger partial charge >= 0.3 is 0 Å². The molecule has 0 unspecified atom stereocenters. The Hall–Kier alpha value is -4.18. The first-order chi connectivity index (χ1) is 30.0. The number of unbranched alkanes of at least 4 members (excludes halogenated alkanes) is 24. The van der Waals surface area contributed by atoms with E-state index in [0.717, 1.165) is 47.9 Å². The van der Waals surface area contributed by atoms with Gasteiger partial charge in [-0.1, -0.05) is 241 Å². The molecule has 4 aromatic carbocycles. The molecule has 334 valence electrons. The number of rotatable bonds is 33. The molecule has 0 amide bonds. The highest BCUT2D eigenvalue weighted by Crippen LogP contribution is 2.25. The maximum absolute atomic E-state index is 13.1. The standard InChI is InChI=1S/C29H42O2.C28H40O2/c1-3-4-5-6-7-8-9-10-11-12-13-14-15-20-25-21-16-17-22-26(25)29(30)27-23-18-19-24-28(27)31-2;1-2-3-4-5-6-7-8-9-10-11-12-13-14-19-24-20-15-16-21-25(24)28(30)26-22-17-18-23-27(26)29/h16-19,21-24H,3-15,20H2,1-2H3;15-18,20-23,29H,2-14,19H2,1H3. The number of ketones is 2. The molecule has 4 heteroatoms. The summed E-state index contributed by atoms with van der Waals surface area (Å²) in [4.78, 5) is 26.0. The van der Waals surface area contributed by atoms with E-state index in [1.165, 1.54) is 154 Å². The molecule has 4 nitrogen and oxygen atoms in total. The van der Waals surface area contributed by atoms with Crippen LogP contribution >= 0.6 is 0 Å². The number of phenolic OH excluding ortho intramolecular Hbond substituents is 1. The number of hydrogen-bond acceptors (Lipinski definition) is 4. The minimum Gasteiger partial charge on any atom is -0.507 e. The smallest absolute Gasteiger partial charge is 0.197 e. The van der Waals surface area contributed by atoms with Gasteiger partial charge in [-0.15, -0.1) is 0 Å². The molecule has 4 aromatic rings. The second-order valence-corrected chi connectivity index (χ2v) is 17.2. The molecular formula is C57H82O4. The Bertz CT molecular complexity index is 1740. The van der Waals surface area contributed by atoms with Crippen LogP contribution in [0, 0.1) is 0 Å². The van der Waals surface area contributed by atoms with Gasteiger partial charge in [0.2, 0.25) is 0 Å². The Balaban J connectivity index is 0.000000325. The van der Waals surface area contributed by atoms with Crippen molar-refractivity contribution in [2.45, 2.75) is 194 Å². The van der Waals surface area contributed by atoms with Gasteiger partial charge in [-0.2, -0.15) is 0 Å². The van der Waals surface area contributed by atoms with E-state index in [2.05, 4.69) is 19.9 Å². The average Bonchev–Trinajstić information content (AvgIpc) is 3.29. The molecule has 61 heavy (non-hydrogen) atoms. The van der Waals surface area contributed by atoms with Crippen molar-refractivity contribution in [3.05, 3.63) is 130 Å². The minimum absolute atomic E-state index is 0.0539. The fourth-order valence-corrected chi connectivity index (χ4v) is 8.37. The monoisotopic (exact) mass is 831 g/mol. The third-order valence-corrected chi connectivity index (χ3v) is 12.1. The molecule has 0 aliphatic heterocycles. The van der Waals surface area contributed by atoms with E-state index < -0.39 is 0 Å². The molecule has 0 radical (unpaired) electrons. The first-order valence-corrected chi connectivity index (χ1v) is 24.7. The Morgan fingerprint density at radius 1 is 0.377 bits per heavy atom. The maximum Gasteiger partial charge on any atom is 0.197 e. The van der Waals surface area contributed by atoms with Gasteiger partial charge in [0.05, 0.1) is 18.2 Å². The summed E-state index contributed by atoms with van der Waals surface area (Å²) in [6.07, 6.45) is 37.0. The summed E-state index contributed by atoms with van der Waals surface area (Å²) in [6, 6.07) is 30.2. The Morgan fingerprint density at radius 3 is 1.05 bits per heavy atom. The van der Waals surface area contributed by atoms with Crippen LogP contribution in [0.1, 0.15) is 224 Å². The Labute approximate surface area is 372 Å². The topological polar surface area (TPSA) is 63.6 Å². The molecule has 0 saturated heterocycles. The number of aryl methyl sites for hydroxylation is 2. The fourth-order valence-electron chi connectivity index (χ4n) is 8.37. The zero-order valence-corrected chi connectivity index (χ0v) is 38.7. The van der Waals surface area contributed by atoms with Crippen molar-refractivity contribution in [3.63, 3.8) is 0 Å². The second-order valence-electron chi connectivity index (χ2n) is 17.2. The Kier molecular flexibility index (Phi) is 28.1. The number of benzene rings is 4. The SMILES string of the molecule is CCCCCCCCCCCCCCCc1ccccc1C(=O)c1ccccc1O.CCCCCCCCCCCCCCCc1ccccc1C(=O)c1ccccc1OC. The summed E-state index contributed by atoms with van der Waals surface area (Å²) in [7, 11) is 1.62. The van der Waals surface area contributed by atoms with Crippen molar-refractivity contribution in [2.24, 2.45) is 0 Å². The lowest BCUT2D eigenvalue weighted by Crippen LogP contribution is -2.07. The fraction of sp³-hybridized carbons (Fsp3) is 0.544. The van der Waals surface area contributed by atoms with Gasteiger partial charge in [-0.05, 0) is 61.1 Å². The van der Waals surface area contributed by atoms with E-state index in [-0.39, 0.29) is 17.3 Å². The molecular weight excluding hydrogens is 749 g/mol. The highest BCUT2D eigenvalue weighted by atomic mass is 16.5. The van der Waals surface area contributed by atoms with Crippen molar-refractivity contribution in [3.8, 4) is 11.5 Å². The van der Waals surface area contributed by atoms with Crippen LogP contribution in [0.25, 0.3) is 0 Å². The number of hydrogen-bond donors (Lipinski definition) is 1. The van der Waals surface area contributed by atoms with Gasteiger partial charge < -0.3 is 9.84 Å². The van der Waals surface area contributed by atoms with Gasteiger partial charge in [-0.3, -0.25) is 9.59 Å². The lowest BCUT2D eigenvalue weighted by atomic mass is 9.94. The van der Waals surface area contributed by atoms with Gasteiger partial charge in [0.25, 0.3) is 0 Å². The maximum atomic E-state index is 13.1. The third kappa shape index (κ3) is 21.0. The van der Waals surface area contributed by atoms with Crippen LogP contribution in [-0.4, -0.2) is 23.8 Å². The quantitative estimate of drug-likeness (QED) is 0.0384. The zero-order chi connectivity index (χ0) is 43.6. The second kappa shape index (κ2) is 33.4. The molecule has 0 fully saturated rings. The van der Waals surface area contributed by atoms with Crippen LogP contribution in [-0.2, 0) is 12.8 Å². The van der Waals surface area contributed by atoms with E-state index in [4.69, 9.17) is 4.74 Å². The van der Waals surface area contributed by atoms with Crippen LogP contribution in [0.5, 0.6) is 11.5 Å². The molecule has 0 aliphatic rings. The highest BCUT2D eigenvalue weighted by molar-refractivity contribution is 6.12. The molecule has 0 atom stereocenters. The van der Waals surface area contributed by atoms with E-state index in [1.807, 2.05) is 66.7 Å². The van der Waals surface area contributed by atoms with Crippen LogP contribution in [0.3, 0.4) is 0 Å². The van der Waals surface area contributed by atoms with Crippen LogP contribution in [0.2, 0.25) is 0 Å². The summed E-state index contributed by atoms with van der Waals surface area (Å²) in [5, 5.41) is 10.0. The molecule has 4 rings (SSSR count). The normalized spacial score (nSPS) is 10.9. The number of aromatic hydroxyl groups is 1. The number of para-hydroxylation sites is 2. The van der Waals surface area contributed by atoms with Crippen molar-refractivity contribution in [2.75, 3.05) is 7.11 Å². The summed E-state index contributed by atoms with van der Waals surface area (Å²) in [5.74, 6) is 0.669. The predicted octanol–water partition coefficient (Wildman–Crippen LogP) is 16.8.